The summed E-state index contributed by atoms with van der Waals surface area (Å²) in [5.41, 5.74) is 3.94. The van der Waals surface area contributed by atoms with E-state index < -0.39 is 0 Å². The molecule has 1 nitrogen and oxygen atoms in total. The zero-order valence-electron chi connectivity index (χ0n) is 9.45. The molecular weight excluding hydrogens is 206 g/mol. The van der Waals surface area contributed by atoms with Crippen molar-refractivity contribution in [2.45, 2.75) is 5.92 Å². The number of hydrogen-bond acceptors (Lipinski definition) is 1. The Morgan fingerprint density at radius 2 is 1.65 bits per heavy atom. The first kappa shape index (κ1) is 10.0. The number of rotatable bonds is 2. The van der Waals surface area contributed by atoms with Gasteiger partial charge in [-0.1, -0.05) is 48.6 Å². The van der Waals surface area contributed by atoms with Crippen LogP contribution in [0, 0.1) is 0 Å². The molecule has 0 saturated carbocycles. The van der Waals surface area contributed by atoms with Crippen LogP contribution in [0.5, 0.6) is 0 Å². The van der Waals surface area contributed by atoms with Crippen LogP contribution in [0.3, 0.4) is 0 Å². The van der Waals surface area contributed by atoms with E-state index in [0.29, 0.717) is 5.92 Å². The fraction of sp³-hybridized carbons (Fsp3) is 0.0625. The number of nitrogens with zero attached hydrogens (tertiary/aromatic N) is 1. The normalized spacial score (nSPS) is 18.1. The first-order chi connectivity index (χ1) is 8.45. The fourth-order valence-corrected chi connectivity index (χ4v) is 2.25. The highest BCUT2D eigenvalue weighted by Crippen LogP contribution is 2.36. The lowest BCUT2D eigenvalue weighted by molar-refractivity contribution is 1.10. The Hall–Kier alpha value is -2.15. The van der Waals surface area contributed by atoms with Crippen molar-refractivity contribution in [1.82, 2.24) is 4.98 Å². The lowest BCUT2D eigenvalue weighted by Crippen LogP contribution is -1.96. The van der Waals surface area contributed by atoms with Crippen molar-refractivity contribution in [2.75, 3.05) is 0 Å². The van der Waals surface area contributed by atoms with Gasteiger partial charge in [0.15, 0.2) is 0 Å². The molecule has 0 spiro atoms. The third-order valence-corrected chi connectivity index (χ3v) is 3.09. The van der Waals surface area contributed by atoms with Gasteiger partial charge in [0.05, 0.1) is 0 Å². The predicted molar refractivity (Wildman–Crippen MR) is 70.5 cm³/mol. The summed E-state index contributed by atoms with van der Waals surface area (Å²) in [4.78, 5) is 4.07. The molecule has 1 aromatic heterocycles. The number of benzene rings is 1. The van der Waals surface area contributed by atoms with Gasteiger partial charge in [0.1, 0.15) is 0 Å². The zero-order chi connectivity index (χ0) is 11.5. The Bertz CT molecular complexity index is 553. The number of aromatic nitrogens is 1. The van der Waals surface area contributed by atoms with E-state index in [1.54, 1.807) is 0 Å². The van der Waals surface area contributed by atoms with Gasteiger partial charge in [0.25, 0.3) is 0 Å². The fourth-order valence-electron chi connectivity index (χ4n) is 2.25. The summed E-state index contributed by atoms with van der Waals surface area (Å²) < 4.78 is 0. The maximum Gasteiger partial charge on any atom is 0.0279 e. The van der Waals surface area contributed by atoms with Crippen molar-refractivity contribution >= 4 is 5.57 Å². The van der Waals surface area contributed by atoms with E-state index in [1.807, 2.05) is 18.5 Å². The Kier molecular flexibility index (Phi) is 2.59. The van der Waals surface area contributed by atoms with Crippen LogP contribution < -0.4 is 0 Å². The molecule has 0 aliphatic heterocycles. The molecule has 1 aliphatic rings. The maximum absolute atomic E-state index is 4.07. The van der Waals surface area contributed by atoms with Crippen LogP contribution in [0.2, 0.25) is 0 Å². The summed E-state index contributed by atoms with van der Waals surface area (Å²) in [5.74, 6) is 0.361. The molecule has 1 heteroatoms. The molecule has 1 unspecified atom stereocenters. The van der Waals surface area contributed by atoms with Crippen molar-refractivity contribution in [3.8, 4) is 0 Å². The average Bonchev–Trinajstić information content (AvgIpc) is 2.90. The second-order valence-electron chi connectivity index (χ2n) is 4.13. The Morgan fingerprint density at radius 1 is 0.882 bits per heavy atom. The van der Waals surface area contributed by atoms with E-state index in [2.05, 4.69) is 59.6 Å². The number of hydrogen-bond donors (Lipinski definition) is 0. The monoisotopic (exact) mass is 219 g/mol. The highest BCUT2D eigenvalue weighted by Gasteiger charge is 2.17. The van der Waals surface area contributed by atoms with Gasteiger partial charge in [-0.05, 0) is 28.8 Å². The van der Waals surface area contributed by atoms with E-state index in [0.717, 1.165) is 0 Å². The third-order valence-electron chi connectivity index (χ3n) is 3.09. The SMILES string of the molecule is C1=CC(c2ccncc2)C(c2ccccc2)=C1. The Labute approximate surface area is 101 Å². The van der Waals surface area contributed by atoms with Gasteiger partial charge in [-0.15, -0.1) is 0 Å². The molecular formula is C16H13N. The summed E-state index contributed by atoms with van der Waals surface area (Å²) in [5, 5.41) is 0. The third kappa shape index (κ3) is 1.92. The van der Waals surface area contributed by atoms with E-state index >= 15 is 0 Å². The first-order valence-corrected chi connectivity index (χ1v) is 5.79. The standard InChI is InChI=1S/C16H13N/c1-2-5-13(6-3-1)15-7-4-8-16(15)14-9-11-17-12-10-14/h1-12,16H. The van der Waals surface area contributed by atoms with E-state index in [-0.39, 0.29) is 0 Å². The van der Waals surface area contributed by atoms with E-state index in [9.17, 15) is 0 Å². The molecule has 0 bridgehead atoms. The molecule has 0 fully saturated rings. The first-order valence-electron chi connectivity index (χ1n) is 5.79. The summed E-state index contributed by atoms with van der Waals surface area (Å²) in [6, 6.07) is 14.7. The van der Waals surface area contributed by atoms with Gasteiger partial charge < -0.3 is 0 Å². The van der Waals surface area contributed by atoms with Crippen LogP contribution in [0.15, 0.2) is 73.1 Å². The van der Waals surface area contributed by atoms with Gasteiger partial charge >= 0.3 is 0 Å². The van der Waals surface area contributed by atoms with Crippen molar-refractivity contribution in [3.63, 3.8) is 0 Å². The molecule has 1 heterocycles. The predicted octanol–water partition coefficient (Wildman–Crippen LogP) is 3.82. The van der Waals surface area contributed by atoms with Crippen molar-refractivity contribution in [2.24, 2.45) is 0 Å². The second-order valence-corrected chi connectivity index (χ2v) is 4.13. The smallest absolute Gasteiger partial charge is 0.0279 e. The minimum absolute atomic E-state index is 0.361. The van der Waals surface area contributed by atoms with Gasteiger partial charge in [-0.3, -0.25) is 4.98 Å². The van der Waals surface area contributed by atoms with Gasteiger partial charge in [-0.2, -0.15) is 0 Å². The Balaban J connectivity index is 1.98. The molecule has 1 atom stereocenters. The van der Waals surface area contributed by atoms with E-state index in [1.165, 1.54) is 16.7 Å². The highest BCUT2D eigenvalue weighted by atomic mass is 14.6. The van der Waals surface area contributed by atoms with Gasteiger partial charge in [0, 0.05) is 18.3 Å². The highest BCUT2D eigenvalue weighted by molar-refractivity contribution is 5.77. The summed E-state index contributed by atoms with van der Waals surface area (Å²) in [6.45, 7) is 0. The number of allylic oxidation sites excluding steroid dienone is 4. The van der Waals surface area contributed by atoms with Crippen LogP contribution in [0.1, 0.15) is 17.0 Å². The average molecular weight is 219 g/mol. The van der Waals surface area contributed by atoms with Crippen LogP contribution in [0.4, 0.5) is 0 Å². The van der Waals surface area contributed by atoms with Crippen LogP contribution in [0.25, 0.3) is 5.57 Å². The molecule has 0 amide bonds. The maximum atomic E-state index is 4.07. The van der Waals surface area contributed by atoms with Crippen LogP contribution >= 0.6 is 0 Å². The Morgan fingerprint density at radius 3 is 2.41 bits per heavy atom. The van der Waals surface area contributed by atoms with E-state index in [4.69, 9.17) is 0 Å². The van der Waals surface area contributed by atoms with Crippen molar-refractivity contribution < 1.29 is 0 Å². The minimum Gasteiger partial charge on any atom is -0.265 e. The molecule has 3 rings (SSSR count). The molecule has 17 heavy (non-hydrogen) atoms. The topological polar surface area (TPSA) is 12.9 Å². The molecule has 0 radical (unpaired) electrons. The molecule has 82 valence electrons. The van der Waals surface area contributed by atoms with Crippen LogP contribution in [-0.2, 0) is 0 Å². The lowest BCUT2D eigenvalue weighted by Gasteiger charge is -2.14. The molecule has 1 aliphatic carbocycles. The van der Waals surface area contributed by atoms with Gasteiger partial charge in [0.2, 0.25) is 0 Å². The minimum atomic E-state index is 0.361. The van der Waals surface area contributed by atoms with Crippen molar-refractivity contribution in [1.29, 1.82) is 0 Å². The largest absolute Gasteiger partial charge is 0.265 e. The molecule has 1 aromatic carbocycles. The zero-order valence-corrected chi connectivity index (χ0v) is 9.45. The second kappa shape index (κ2) is 4.38. The molecule has 0 N–H and O–H groups in total. The lowest BCUT2D eigenvalue weighted by atomic mass is 9.90. The molecule has 0 saturated heterocycles. The summed E-state index contributed by atoms with van der Waals surface area (Å²) in [7, 11) is 0. The quantitative estimate of drug-likeness (QED) is 0.748. The van der Waals surface area contributed by atoms with Crippen LogP contribution in [-0.4, -0.2) is 4.98 Å². The summed E-state index contributed by atoms with van der Waals surface area (Å²) >= 11 is 0. The molecule has 2 aromatic rings. The summed E-state index contributed by atoms with van der Waals surface area (Å²) in [6.07, 6.45) is 10.3. The van der Waals surface area contributed by atoms with Gasteiger partial charge in [-0.25, -0.2) is 0 Å². The number of pyridine rings is 1. The van der Waals surface area contributed by atoms with Crippen molar-refractivity contribution in [3.05, 3.63) is 84.2 Å².